The highest BCUT2D eigenvalue weighted by atomic mass is 16.4. The summed E-state index contributed by atoms with van der Waals surface area (Å²) in [5, 5.41) is 36.3. The van der Waals surface area contributed by atoms with E-state index in [-0.39, 0.29) is 33.4 Å². The zero-order valence-electron chi connectivity index (χ0n) is 13.0. The van der Waals surface area contributed by atoms with Gasteiger partial charge in [-0.1, -0.05) is 12.2 Å². The molecule has 2 rings (SSSR count). The standard InChI is InChI=1S/C18H12O8/c19-15(20)11-3-4-14(18(25)26)10(7-11)2-1-9-5-12(16(21)22)8-13(6-9)17(23)24/h1-8H,(H,19,20)(H,21,22)(H,23,24)(H,25,26). The smallest absolute Gasteiger partial charge is 0.336 e. The molecule has 0 fully saturated rings. The maximum Gasteiger partial charge on any atom is 0.336 e. The number of carbonyl (C=O) groups is 4. The Morgan fingerprint density at radius 2 is 1.15 bits per heavy atom. The van der Waals surface area contributed by atoms with Crippen LogP contribution in [-0.2, 0) is 0 Å². The van der Waals surface area contributed by atoms with E-state index in [9.17, 15) is 24.3 Å². The molecule has 8 heteroatoms. The topological polar surface area (TPSA) is 149 Å². The van der Waals surface area contributed by atoms with Gasteiger partial charge in [-0.25, -0.2) is 19.2 Å². The van der Waals surface area contributed by atoms with Gasteiger partial charge < -0.3 is 20.4 Å². The van der Waals surface area contributed by atoms with Gasteiger partial charge in [-0.15, -0.1) is 0 Å². The summed E-state index contributed by atoms with van der Waals surface area (Å²) < 4.78 is 0. The minimum Gasteiger partial charge on any atom is -0.478 e. The predicted molar refractivity (Wildman–Crippen MR) is 89.6 cm³/mol. The van der Waals surface area contributed by atoms with Crippen molar-refractivity contribution in [3.8, 4) is 0 Å². The third kappa shape index (κ3) is 4.12. The lowest BCUT2D eigenvalue weighted by molar-refractivity contribution is 0.0681. The average molecular weight is 356 g/mol. The number of rotatable bonds is 6. The second-order valence-electron chi connectivity index (χ2n) is 5.20. The van der Waals surface area contributed by atoms with Crippen molar-refractivity contribution in [2.24, 2.45) is 0 Å². The van der Waals surface area contributed by atoms with Gasteiger partial charge in [-0.3, -0.25) is 0 Å². The van der Waals surface area contributed by atoms with E-state index in [1.807, 2.05) is 0 Å². The highest BCUT2D eigenvalue weighted by molar-refractivity contribution is 5.98. The van der Waals surface area contributed by atoms with Crippen molar-refractivity contribution in [2.45, 2.75) is 0 Å². The molecular weight excluding hydrogens is 344 g/mol. The summed E-state index contributed by atoms with van der Waals surface area (Å²) in [6, 6.07) is 6.87. The zero-order valence-corrected chi connectivity index (χ0v) is 13.0. The fourth-order valence-electron chi connectivity index (χ4n) is 2.21. The summed E-state index contributed by atoms with van der Waals surface area (Å²) in [6.45, 7) is 0. The number of carboxylic acid groups (broad SMARTS) is 4. The second kappa shape index (κ2) is 7.31. The minimum absolute atomic E-state index is 0.0787. The number of carboxylic acids is 4. The number of hydrogen-bond acceptors (Lipinski definition) is 4. The molecule has 2 aromatic carbocycles. The Bertz CT molecular complexity index is 923. The molecule has 132 valence electrons. The van der Waals surface area contributed by atoms with E-state index < -0.39 is 23.9 Å². The monoisotopic (exact) mass is 356 g/mol. The van der Waals surface area contributed by atoms with Gasteiger partial charge in [0, 0.05) is 0 Å². The molecular formula is C18H12O8. The Hall–Kier alpha value is -3.94. The maximum absolute atomic E-state index is 11.3. The summed E-state index contributed by atoms with van der Waals surface area (Å²) in [7, 11) is 0. The van der Waals surface area contributed by atoms with Crippen LogP contribution in [0.2, 0.25) is 0 Å². The summed E-state index contributed by atoms with van der Waals surface area (Å²) in [5.41, 5.74) is -0.488. The van der Waals surface area contributed by atoms with Crippen LogP contribution in [0.15, 0.2) is 36.4 Å². The Morgan fingerprint density at radius 3 is 1.62 bits per heavy atom. The Kier molecular flexibility index (Phi) is 5.17. The van der Waals surface area contributed by atoms with E-state index in [1.54, 1.807) is 0 Å². The third-order valence-electron chi connectivity index (χ3n) is 3.43. The van der Waals surface area contributed by atoms with E-state index in [2.05, 4.69) is 0 Å². The first-order valence-corrected chi connectivity index (χ1v) is 7.09. The van der Waals surface area contributed by atoms with E-state index >= 15 is 0 Å². The molecule has 0 aliphatic carbocycles. The molecule has 0 bridgehead atoms. The van der Waals surface area contributed by atoms with Crippen molar-refractivity contribution in [3.05, 3.63) is 69.8 Å². The van der Waals surface area contributed by atoms with Crippen LogP contribution in [0.1, 0.15) is 52.6 Å². The average Bonchev–Trinajstić information content (AvgIpc) is 2.59. The lowest BCUT2D eigenvalue weighted by Crippen LogP contribution is -2.04. The van der Waals surface area contributed by atoms with Gasteiger partial charge >= 0.3 is 23.9 Å². The minimum atomic E-state index is -1.32. The van der Waals surface area contributed by atoms with Crippen molar-refractivity contribution in [1.29, 1.82) is 0 Å². The SMILES string of the molecule is O=C(O)c1cc(C=Cc2cc(C(=O)O)ccc2C(=O)O)cc(C(=O)O)c1. The molecule has 0 saturated heterocycles. The van der Waals surface area contributed by atoms with E-state index in [0.29, 0.717) is 0 Å². The fraction of sp³-hybridized carbons (Fsp3) is 0. The summed E-state index contributed by atoms with van der Waals surface area (Å²) in [4.78, 5) is 44.5. The Morgan fingerprint density at radius 1 is 0.615 bits per heavy atom. The summed E-state index contributed by atoms with van der Waals surface area (Å²) in [6.07, 6.45) is 2.59. The van der Waals surface area contributed by atoms with Crippen molar-refractivity contribution >= 4 is 36.0 Å². The first kappa shape index (κ1) is 18.4. The normalized spacial score (nSPS) is 10.6. The molecule has 0 aromatic heterocycles. The van der Waals surface area contributed by atoms with Crippen molar-refractivity contribution in [2.75, 3.05) is 0 Å². The van der Waals surface area contributed by atoms with E-state index in [1.165, 1.54) is 24.3 Å². The molecule has 8 nitrogen and oxygen atoms in total. The van der Waals surface area contributed by atoms with Crippen LogP contribution in [0.5, 0.6) is 0 Å². The van der Waals surface area contributed by atoms with Crippen LogP contribution in [0, 0.1) is 0 Å². The molecule has 4 N–H and O–H groups in total. The fourth-order valence-corrected chi connectivity index (χ4v) is 2.21. The Balaban J connectivity index is 2.54. The largest absolute Gasteiger partial charge is 0.478 e. The first-order chi connectivity index (χ1) is 12.2. The van der Waals surface area contributed by atoms with Crippen LogP contribution in [0.3, 0.4) is 0 Å². The second-order valence-corrected chi connectivity index (χ2v) is 5.20. The van der Waals surface area contributed by atoms with Gasteiger partial charge in [0.2, 0.25) is 0 Å². The molecule has 0 unspecified atom stereocenters. The molecule has 0 amide bonds. The van der Waals surface area contributed by atoms with Crippen LogP contribution >= 0.6 is 0 Å². The van der Waals surface area contributed by atoms with Crippen LogP contribution in [-0.4, -0.2) is 44.3 Å². The van der Waals surface area contributed by atoms with Gasteiger partial charge in [0.05, 0.1) is 22.3 Å². The van der Waals surface area contributed by atoms with Crippen molar-refractivity contribution < 1.29 is 39.6 Å². The third-order valence-corrected chi connectivity index (χ3v) is 3.43. The molecule has 0 aliphatic rings. The van der Waals surface area contributed by atoms with Crippen LogP contribution < -0.4 is 0 Å². The highest BCUT2D eigenvalue weighted by Gasteiger charge is 2.13. The van der Waals surface area contributed by atoms with Gasteiger partial charge in [-0.05, 0) is 47.5 Å². The van der Waals surface area contributed by atoms with Crippen molar-refractivity contribution in [3.63, 3.8) is 0 Å². The molecule has 0 saturated carbocycles. The Labute approximate surface area is 146 Å². The maximum atomic E-state index is 11.3. The van der Waals surface area contributed by atoms with Gasteiger partial charge in [0.25, 0.3) is 0 Å². The molecule has 0 atom stereocenters. The van der Waals surface area contributed by atoms with Gasteiger partial charge in [0.1, 0.15) is 0 Å². The lowest BCUT2D eigenvalue weighted by Gasteiger charge is -2.04. The molecule has 0 radical (unpaired) electrons. The zero-order chi connectivity index (χ0) is 19.4. The number of aromatic carboxylic acids is 4. The summed E-state index contributed by atoms with van der Waals surface area (Å²) >= 11 is 0. The first-order valence-electron chi connectivity index (χ1n) is 7.09. The highest BCUT2D eigenvalue weighted by Crippen LogP contribution is 2.18. The lowest BCUT2D eigenvalue weighted by atomic mass is 10.0. The molecule has 2 aromatic rings. The van der Waals surface area contributed by atoms with Crippen LogP contribution in [0.25, 0.3) is 12.2 Å². The van der Waals surface area contributed by atoms with Gasteiger partial charge in [-0.2, -0.15) is 0 Å². The van der Waals surface area contributed by atoms with E-state index in [0.717, 1.165) is 24.3 Å². The summed E-state index contributed by atoms with van der Waals surface area (Å²) in [5.74, 6) is -5.14. The van der Waals surface area contributed by atoms with Crippen molar-refractivity contribution in [1.82, 2.24) is 0 Å². The quantitative estimate of drug-likeness (QED) is 0.577. The van der Waals surface area contributed by atoms with Crippen LogP contribution in [0.4, 0.5) is 0 Å². The molecule has 0 spiro atoms. The predicted octanol–water partition coefficient (Wildman–Crippen LogP) is 2.65. The molecule has 26 heavy (non-hydrogen) atoms. The van der Waals surface area contributed by atoms with Gasteiger partial charge in [0.15, 0.2) is 0 Å². The van der Waals surface area contributed by atoms with E-state index in [4.69, 9.17) is 15.3 Å². The number of benzene rings is 2. The molecule has 0 aliphatic heterocycles. The molecule has 0 heterocycles. The number of hydrogen-bond donors (Lipinski definition) is 4.